The van der Waals surface area contributed by atoms with E-state index in [0.717, 1.165) is 44.8 Å². The van der Waals surface area contributed by atoms with Crippen molar-refractivity contribution in [2.24, 2.45) is 0 Å². The second kappa shape index (κ2) is 11.8. The molecule has 0 radical (unpaired) electrons. The van der Waals surface area contributed by atoms with Crippen LogP contribution in [0.2, 0.25) is 5.02 Å². The lowest BCUT2D eigenvalue weighted by Crippen LogP contribution is -2.48. The third-order valence-corrected chi connectivity index (χ3v) is 7.60. The minimum absolute atomic E-state index is 0.0456. The van der Waals surface area contributed by atoms with Gasteiger partial charge in [0.1, 0.15) is 0 Å². The SMILES string of the molecule is CCn1cc(C(CC(=O)N2CCN(C/C=C/c3ccccc3)CC2)c2cccc(Cl)c2)c2ccccc21. The highest BCUT2D eigenvalue weighted by molar-refractivity contribution is 6.30. The zero-order chi connectivity index (χ0) is 25.6. The number of hydrogen-bond donors (Lipinski definition) is 0. The maximum atomic E-state index is 13.6. The molecule has 0 aliphatic carbocycles. The van der Waals surface area contributed by atoms with Gasteiger partial charge in [0.2, 0.25) is 5.91 Å². The average molecular weight is 512 g/mol. The number of benzene rings is 3. The van der Waals surface area contributed by atoms with Gasteiger partial charge in [0.15, 0.2) is 0 Å². The Balaban J connectivity index is 1.30. The Hall–Kier alpha value is -3.34. The molecule has 1 amide bonds. The second-order valence-corrected chi connectivity index (χ2v) is 10.1. The van der Waals surface area contributed by atoms with Crippen molar-refractivity contribution in [3.05, 3.63) is 113 Å². The van der Waals surface area contributed by atoms with Crippen LogP contribution in [0.4, 0.5) is 0 Å². The van der Waals surface area contributed by atoms with E-state index in [9.17, 15) is 4.79 Å². The van der Waals surface area contributed by atoms with Gasteiger partial charge in [-0.3, -0.25) is 9.69 Å². The molecule has 1 aliphatic rings. The number of amides is 1. The summed E-state index contributed by atoms with van der Waals surface area (Å²) in [6.45, 7) is 7.25. The van der Waals surface area contributed by atoms with E-state index in [0.29, 0.717) is 11.4 Å². The summed E-state index contributed by atoms with van der Waals surface area (Å²) in [6, 6.07) is 26.8. The maximum absolute atomic E-state index is 13.6. The molecule has 3 aromatic carbocycles. The fourth-order valence-electron chi connectivity index (χ4n) is 5.33. The maximum Gasteiger partial charge on any atom is 0.223 e. The molecule has 1 fully saturated rings. The molecule has 0 bridgehead atoms. The number of aromatic nitrogens is 1. The molecule has 5 heteroatoms. The average Bonchev–Trinajstić information content (AvgIpc) is 3.31. The minimum atomic E-state index is -0.0456. The van der Waals surface area contributed by atoms with Crippen LogP contribution in [-0.4, -0.2) is 53.0 Å². The van der Waals surface area contributed by atoms with Crippen LogP contribution in [0.1, 0.15) is 36.0 Å². The largest absolute Gasteiger partial charge is 0.347 e. The summed E-state index contributed by atoms with van der Waals surface area (Å²) in [5, 5.41) is 1.91. The lowest BCUT2D eigenvalue weighted by atomic mass is 9.87. The predicted molar refractivity (Wildman–Crippen MR) is 154 cm³/mol. The number of hydrogen-bond acceptors (Lipinski definition) is 2. The van der Waals surface area contributed by atoms with E-state index in [4.69, 9.17) is 11.6 Å². The quantitative estimate of drug-likeness (QED) is 0.263. The van der Waals surface area contributed by atoms with Gasteiger partial charge in [-0.15, -0.1) is 0 Å². The van der Waals surface area contributed by atoms with Crippen molar-refractivity contribution in [2.75, 3.05) is 32.7 Å². The predicted octanol–water partition coefficient (Wildman–Crippen LogP) is 6.69. The molecule has 4 aromatic rings. The molecule has 0 spiro atoms. The van der Waals surface area contributed by atoms with Crippen LogP contribution in [0.25, 0.3) is 17.0 Å². The lowest BCUT2D eigenvalue weighted by Gasteiger charge is -2.35. The molecule has 4 nitrogen and oxygen atoms in total. The number of para-hydroxylation sites is 1. The second-order valence-electron chi connectivity index (χ2n) is 9.69. The summed E-state index contributed by atoms with van der Waals surface area (Å²) in [6.07, 6.45) is 7.04. The Labute approximate surface area is 224 Å². The van der Waals surface area contributed by atoms with Crippen molar-refractivity contribution in [1.29, 1.82) is 0 Å². The first kappa shape index (κ1) is 25.3. The van der Waals surface area contributed by atoms with Gasteiger partial charge >= 0.3 is 0 Å². The van der Waals surface area contributed by atoms with Gasteiger partial charge in [-0.1, -0.05) is 84.4 Å². The van der Waals surface area contributed by atoms with Crippen molar-refractivity contribution in [1.82, 2.24) is 14.4 Å². The van der Waals surface area contributed by atoms with Crippen LogP contribution in [-0.2, 0) is 11.3 Å². The highest BCUT2D eigenvalue weighted by atomic mass is 35.5. The lowest BCUT2D eigenvalue weighted by molar-refractivity contribution is -0.133. The van der Waals surface area contributed by atoms with Crippen LogP contribution < -0.4 is 0 Å². The van der Waals surface area contributed by atoms with Gasteiger partial charge < -0.3 is 9.47 Å². The molecule has 1 saturated heterocycles. The Morgan fingerprint density at radius 2 is 1.70 bits per heavy atom. The van der Waals surface area contributed by atoms with E-state index in [-0.39, 0.29) is 11.8 Å². The van der Waals surface area contributed by atoms with E-state index < -0.39 is 0 Å². The number of carbonyl (C=O) groups is 1. The normalized spacial score (nSPS) is 15.5. The third-order valence-electron chi connectivity index (χ3n) is 7.36. The number of piperazine rings is 1. The topological polar surface area (TPSA) is 28.5 Å². The summed E-state index contributed by atoms with van der Waals surface area (Å²) < 4.78 is 2.27. The fraction of sp³-hybridized carbons (Fsp3) is 0.281. The van der Waals surface area contributed by atoms with Crippen molar-refractivity contribution >= 4 is 34.5 Å². The highest BCUT2D eigenvalue weighted by Crippen LogP contribution is 2.36. The summed E-state index contributed by atoms with van der Waals surface area (Å²) in [4.78, 5) is 18.1. The van der Waals surface area contributed by atoms with Gasteiger partial charge in [0.25, 0.3) is 0 Å². The zero-order valence-corrected chi connectivity index (χ0v) is 22.1. The summed E-state index contributed by atoms with van der Waals surface area (Å²) in [5.41, 5.74) is 4.70. The number of carbonyl (C=O) groups excluding carboxylic acids is 1. The van der Waals surface area contributed by atoms with Crippen LogP contribution in [0.5, 0.6) is 0 Å². The molecule has 2 heterocycles. The Kier molecular flexibility index (Phi) is 8.08. The van der Waals surface area contributed by atoms with Gasteiger partial charge in [0, 0.05) is 73.7 Å². The molecule has 0 N–H and O–H groups in total. The van der Waals surface area contributed by atoms with Crippen LogP contribution in [0.3, 0.4) is 0 Å². The van der Waals surface area contributed by atoms with Gasteiger partial charge in [-0.05, 0) is 41.8 Å². The number of nitrogens with zero attached hydrogens (tertiary/aromatic N) is 3. The van der Waals surface area contributed by atoms with Crippen molar-refractivity contribution in [3.63, 3.8) is 0 Å². The fourth-order valence-corrected chi connectivity index (χ4v) is 5.53. The van der Waals surface area contributed by atoms with Crippen LogP contribution in [0.15, 0.2) is 91.1 Å². The van der Waals surface area contributed by atoms with Crippen molar-refractivity contribution in [2.45, 2.75) is 25.8 Å². The smallest absolute Gasteiger partial charge is 0.223 e. The number of halogens is 1. The van der Waals surface area contributed by atoms with Gasteiger partial charge in [0.05, 0.1) is 0 Å². The first-order valence-corrected chi connectivity index (χ1v) is 13.5. The van der Waals surface area contributed by atoms with E-state index in [2.05, 4.69) is 89.3 Å². The Morgan fingerprint density at radius 1 is 0.946 bits per heavy atom. The molecular weight excluding hydrogens is 478 g/mol. The van der Waals surface area contributed by atoms with Crippen LogP contribution in [0, 0.1) is 0 Å². The standard InChI is InChI=1S/C32H34ClN3O/c1-2-35-24-30(28-15-6-7-16-31(28)35)29(26-13-8-14-27(33)22-26)23-32(37)36-20-18-34(19-21-36)17-9-12-25-10-4-3-5-11-25/h3-16,22,24,29H,2,17-21,23H2,1H3/b12-9+. The molecule has 5 rings (SSSR count). The highest BCUT2D eigenvalue weighted by Gasteiger charge is 2.27. The van der Waals surface area contributed by atoms with E-state index in [1.54, 1.807) is 0 Å². The Morgan fingerprint density at radius 3 is 2.46 bits per heavy atom. The van der Waals surface area contributed by atoms with Gasteiger partial charge in [-0.25, -0.2) is 0 Å². The molecule has 1 aliphatic heterocycles. The van der Waals surface area contributed by atoms with E-state index >= 15 is 0 Å². The first-order chi connectivity index (χ1) is 18.1. The van der Waals surface area contributed by atoms with Crippen molar-refractivity contribution < 1.29 is 4.79 Å². The van der Waals surface area contributed by atoms with E-state index in [1.165, 1.54) is 22.0 Å². The minimum Gasteiger partial charge on any atom is -0.347 e. The molecule has 37 heavy (non-hydrogen) atoms. The van der Waals surface area contributed by atoms with Crippen molar-refractivity contribution in [3.8, 4) is 0 Å². The monoisotopic (exact) mass is 511 g/mol. The molecule has 190 valence electrons. The molecular formula is C32H34ClN3O. The summed E-state index contributed by atoms with van der Waals surface area (Å²) in [5.74, 6) is 0.161. The number of aryl methyl sites for hydroxylation is 1. The first-order valence-electron chi connectivity index (χ1n) is 13.2. The summed E-state index contributed by atoms with van der Waals surface area (Å²) >= 11 is 6.40. The molecule has 1 aromatic heterocycles. The van der Waals surface area contributed by atoms with E-state index in [1.807, 2.05) is 29.2 Å². The molecule has 1 unspecified atom stereocenters. The third kappa shape index (κ3) is 5.98. The zero-order valence-electron chi connectivity index (χ0n) is 21.4. The Bertz CT molecular complexity index is 1370. The number of fused-ring (bicyclic) bond motifs is 1. The van der Waals surface area contributed by atoms with Crippen LogP contribution >= 0.6 is 11.6 Å². The number of rotatable bonds is 8. The van der Waals surface area contributed by atoms with Gasteiger partial charge in [-0.2, -0.15) is 0 Å². The summed E-state index contributed by atoms with van der Waals surface area (Å²) in [7, 11) is 0. The molecule has 0 saturated carbocycles. The molecule has 1 atom stereocenters.